The van der Waals surface area contributed by atoms with E-state index in [0.29, 0.717) is 22.0 Å². The van der Waals surface area contributed by atoms with Crippen molar-refractivity contribution < 1.29 is 18.0 Å². The maximum Gasteiger partial charge on any atom is 0.417 e. The van der Waals surface area contributed by atoms with E-state index in [0.717, 1.165) is 15.3 Å². The lowest BCUT2D eigenvalue weighted by atomic mass is 9.94. The number of fused-ring (bicyclic) bond motifs is 2. The van der Waals surface area contributed by atoms with Gasteiger partial charge in [-0.25, -0.2) is 0 Å². The summed E-state index contributed by atoms with van der Waals surface area (Å²) in [5.74, 6) is -0.497. The van der Waals surface area contributed by atoms with Gasteiger partial charge in [0, 0.05) is 17.9 Å². The van der Waals surface area contributed by atoms with E-state index in [1.54, 1.807) is 36.4 Å². The van der Waals surface area contributed by atoms with Crippen LogP contribution >= 0.6 is 0 Å². The molecule has 0 saturated carbocycles. The largest absolute Gasteiger partial charge is 0.417 e. The molecule has 0 amide bonds. The topological polar surface area (TPSA) is 22.0 Å². The predicted molar refractivity (Wildman–Crippen MR) is 106 cm³/mol. The lowest BCUT2D eigenvalue weighted by Crippen LogP contribution is -2.17. The average molecular weight is 379 g/mol. The molecular formula is C23H16F3NO. The zero-order valence-electron chi connectivity index (χ0n) is 15.0. The minimum Gasteiger partial charge on any atom is -0.279 e. The second-order valence-electron chi connectivity index (χ2n) is 6.60. The predicted octanol–water partition coefficient (Wildman–Crippen LogP) is 6.70. The maximum absolute atomic E-state index is 13.7. The molecule has 28 heavy (non-hydrogen) atoms. The Morgan fingerprint density at radius 3 is 2.18 bits per heavy atom. The number of para-hydroxylation sites is 1. The van der Waals surface area contributed by atoms with Crippen LogP contribution in [0.15, 0.2) is 73.3 Å². The van der Waals surface area contributed by atoms with Crippen LogP contribution in [0.5, 0.6) is 0 Å². The average Bonchev–Trinajstić information content (AvgIpc) is 3.01. The number of rotatable bonds is 2. The van der Waals surface area contributed by atoms with Crippen LogP contribution in [0.1, 0.15) is 17.4 Å². The van der Waals surface area contributed by atoms with Crippen molar-refractivity contribution in [3.05, 3.63) is 79.0 Å². The molecule has 4 aromatic rings. The first-order valence-corrected chi connectivity index (χ1v) is 8.69. The normalized spacial score (nSPS) is 11.9. The summed E-state index contributed by atoms with van der Waals surface area (Å²) in [4.78, 5) is 12.4. The molecule has 2 nitrogen and oxygen atoms in total. The van der Waals surface area contributed by atoms with E-state index in [9.17, 15) is 18.0 Å². The van der Waals surface area contributed by atoms with Gasteiger partial charge in [-0.2, -0.15) is 13.2 Å². The van der Waals surface area contributed by atoms with Crippen LogP contribution in [0.25, 0.3) is 38.4 Å². The highest BCUT2D eigenvalue weighted by molar-refractivity contribution is 6.12. The number of carbonyl (C=O) groups excluding carboxylic acids is 1. The number of halogens is 3. The number of hydrogen-bond acceptors (Lipinski definition) is 1. The zero-order chi connectivity index (χ0) is 20.1. The molecule has 0 aliphatic heterocycles. The second-order valence-corrected chi connectivity index (χ2v) is 6.60. The van der Waals surface area contributed by atoms with Crippen LogP contribution in [0, 0.1) is 0 Å². The molecule has 4 rings (SSSR count). The highest BCUT2D eigenvalue weighted by Gasteiger charge is 2.38. The van der Waals surface area contributed by atoms with Crippen molar-refractivity contribution in [1.82, 2.24) is 4.57 Å². The minimum atomic E-state index is -4.67. The fourth-order valence-corrected chi connectivity index (χ4v) is 3.70. The Labute approximate surface area is 159 Å². The summed E-state index contributed by atoms with van der Waals surface area (Å²) in [5.41, 5.74) is 0.178. The van der Waals surface area contributed by atoms with Crippen LogP contribution < -0.4 is 0 Å². The fraction of sp³-hybridized carbons (Fsp3) is 0.0870. The lowest BCUT2D eigenvalue weighted by Gasteiger charge is -2.16. The highest BCUT2D eigenvalue weighted by Crippen LogP contribution is 2.44. The third kappa shape index (κ3) is 2.71. The second kappa shape index (κ2) is 6.37. The first kappa shape index (κ1) is 18.0. The summed E-state index contributed by atoms with van der Waals surface area (Å²) in [6.45, 7) is 4.56. The van der Waals surface area contributed by atoms with Gasteiger partial charge < -0.3 is 0 Å². The Balaban J connectivity index is 2.22. The van der Waals surface area contributed by atoms with Crippen molar-refractivity contribution in [3.63, 3.8) is 0 Å². The summed E-state index contributed by atoms with van der Waals surface area (Å²) in [5, 5.41) is 2.30. The zero-order valence-corrected chi connectivity index (χ0v) is 15.0. The standard InChI is InChI=1S/C23H16F3NO/c1-14(23(24,25)26)22-21(18-12-7-9-16-8-3-4-10-17(16)18)19-11-5-6-13-20(19)27(22)15(2)28/h3-13H,1H2,2H3. The molecule has 0 atom stereocenters. The van der Waals surface area contributed by atoms with Crippen molar-refractivity contribution in [2.75, 3.05) is 0 Å². The molecule has 140 valence electrons. The third-order valence-electron chi connectivity index (χ3n) is 4.88. The third-order valence-corrected chi connectivity index (χ3v) is 4.88. The van der Waals surface area contributed by atoms with Crippen LogP contribution in [-0.2, 0) is 0 Å². The first-order valence-electron chi connectivity index (χ1n) is 8.69. The van der Waals surface area contributed by atoms with E-state index in [-0.39, 0.29) is 5.69 Å². The Bertz CT molecular complexity index is 1240. The summed E-state index contributed by atoms with van der Waals surface area (Å²) in [6.07, 6.45) is -4.67. The van der Waals surface area contributed by atoms with Crippen LogP contribution in [-0.4, -0.2) is 16.7 Å². The van der Waals surface area contributed by atoms with Gasteiger partial charge in [-0.1, -0.05) is 67.2 Å². The van der Waals surface area contributed by atoms with Gasteiger partial charge in [0.15, 0.2) is 0 Å². The minimum absolute atomic E-state index is 0.211. The molecule has 1 heterocycles. The Morgan fingerprint density at radius 2 is 1.50 bits per heavy atom. The number of benzene rings is 3. The fourth-order valence-electron chi connectivity index (χ4n) is 3.70. The van der Waals surface area contributed by atoms with Gasteiger partial charge in [-0.05, 0) is 22.4 Å². The van der Waals surface area contributed by atoms with E-state index in [1.807, 2.05) is 30.3 Å². The monoisotopic (exact) mass is 379 g/mol. The summed E-state index contributed by atoms with van der Waals surface area (Å²) in [7, 11) is 0. The van der Waals surface area contributed by atoms with Gasteiger partial charge in [-0.3, -0.25) is 9.36 Å². The number of carbonyl (C=O) groups is 1. The quantitative estimate of drug-likeness (QED) is 0.380. The summed E-state index contributed by atoms with van der Waals surface area (Å²) >= 11 is 0. The summed E-state index contributed by atoms with van der Waals surface area (Å²) in [6, 6.07) is 19.8. The number of alkyl halides is 3. The van der Waals surface area contributed by atoms with E-state index >= 15 is 0 Å². The van der Waals surface area contributed by atoms with Crippen molar-refractivity contribution in [3.8, 4) is 11.1 Å². The van der Waals surface area contributed by atoms with Gasteiger partial charge in [-0.15, -0.1) is 0 Å². The molecule has 3 aromatic carbocycles. The maximum atomic E-state index is 13.7. The molecular weight excluding hydrogens is 363 g/mol. The molecule has 0 spiro atoms. The molecule has 0 radical (unpaired) electrons. The molecule has 0 aliphatic carbocycles. The molecule has 0 saturated heterocycles. The van der Waals surface area contributed by atoms with Crippen molar-refractivity contribution in [1.29, 1.82) is 0 Å². The lowest BCUT2D eigenvalue weighted by molar-refractivity contribution is -0.0689. The Morgan fingerprint density at radius 1 is 0.893 bits per heavy atom. The molecule has 0 unspecified atom stereocenters. The number of hydrogen-bond donors (Lipinski definition) is 0. The highest BCUT2D eigenvalue weighted by atomic mass is 19.4. The smallest absolute Gasteiger partial charge is 0.279 e. The number of allylic oxidation sites excluding steroid dienone is 1. The molecule has 1 aromatic heterocycles. The SMILES string of the molecule is C=C(c1c(-c2cccc3ccccc23)c2ccccc2n1C(C)=O)C(F)(F)F. The molecule has 5 heteroatoms. The van der Waals surface area contributed by atoms with Crippen LogP contribution in [0.2, 0.25) is 0 Å². The van der Waals surface area contributed by atoms with E-state index in [2.05, 4.69) is 6.58 Å². The van der Waals surface area contributed by atoms with Gasteiger partial charge >= 0.3 is 6.18 Å². The van der Waals surface area contributed by atoms with Crippen LogP contribution in [0.4, 0.5) is 13.2 Å². The molecule has 0 fully saturated rings. The van der Waals surface area contributed by atoms with Crippen molar-refractivity contribution in [2.45, 2.75) is 13.1 Å². The van der Waals surface area contributed by atoms with Gasteiger partial charge in [0.2, 0.25) is 5.91 Å². The van der Waals surface area contributed by atoms with Gasteiger partial charge in [0.25, 0.3) is 0 Å². The number of aromatic nitrogens is 1. The molecule has 0 N–H and O–H groups in total. The van der Waals surface area contributed by atoms with Gasteiger partial charge in [0.1, 0.15) is 0 Å². The van der Waals surface area contributed by atoms with Crippen LogP contribution in [0.3, 0.4) is 0 Å². The summed E-state index contributed by atoms with van der Waals surface area (Å²) < 4.78 is 42.2. The Hall–Kier alpha value is -3.34. The molecule has 0 aliphatic rings. The van der Waals surface area contributed by atoms with Crippen molar-refractivity contribution >= 4 is 33.2 Å². The number of nitrogens with zero attached hydrogens (tertiary/aromatic N) is 1. The molecule has 0 bridgehead atoms. The van der Waals surface area contributed by atoms with Crippen molar-refractivity contribution in [2.24, 2.45) is 0 Å². The Kier molecular flexibility index (Phi) is 4.11. The van der Waals surface area contributed by atoms with E-state index in [1.165, 1.54) is 6.92 Å². The van der Waals surface area contributed by atoms with E-state index in [4.69, 9.17) is 0 Å². The van der Waals surface area contributed by atoms with E-state index < -0.39 is 17.7 Å². The first-order chi connectivity index (χ1) is 13.3. The van der Waals surface area contributed by atoms with Gasteiger partial charge in [0.05, 0.1) is 16.8 Å².